The van der Waals surface area contributed by atoms with E-state index in [-0.39, 0.29) is 12.5 Å². The highest BCUT2D eigenvalue weighted by Gasteiger charge is 2.06. The monoisotopic (exact) mass is 421 g/mol. The van der Waals surface area contributed by atoms with Crippen LogP contribution in [0.2, 0.25) is 0 Å². The Labute approximate surface area is 183 Å². The minimum Gasteiger partial charge on any atom is -0.497 e. The van der Waals surface area contributed by atoms with Gasteiger partial charge in [-0.15, -0.1) is 0 Å². The van der Waals surface area contributed by atoms with Gasteiger partial charge in [-0.05, 0) is 42.2 Å². The molecule has 3 rings (SSSR count). The smallest absolute Gasteiger partial charge is 0.243 e. The first-order valence-corrected chi connectivity index (χ1v) is 10.5. The van der Waals surface area contributed by atoms with Crippen molar-refractivity contribution in [1.29, 1.82) is 0 Å². The van der Waals surface area contributed by atoms with Crippen LogP contribution >= 0.6 is 0 Å². The van der Waals surface area contributed by atoms with Crippen LogP contribution in [0.25, 0.3) is 10.9 Å². The summed E-state index contributed by atoms with van der Waals surface area (Å²) in [5.74, 6) is 1.46. The molecule has 1 heterocycles. The highest BCUT2D eigenvalue weighted by atomic mass is 16.5. The Morgan fingerprint density at radius 1 is 1.03 bits per heavy atom. The molecular formula is C24H31N5O2. The number of aromatic amines is 1. The van der Waals surface area contributed by atoms with E-state index >= 15 is 0 Å². The van der Waals surface area contributed by atoms with Crippen molar-refractivity contribution in [3.05, 3.63) is 65.9 Å². The fraction of sp³-hybridized carbons (Fsp3) is 0.333. The minimum absolute atomic E-state index is 0.0344. The predicted octanol–water partition coefficient (Wildman–Crippen LogP) is 2.59. The first-order chi connectivity index (χ1) is 15.1. The maximum absolute atomic E-state index is 12.0. The first-order valence-electron chi connectivity index (χ1n) is 10.5. The summed E-state index contributed by atoms with van der Waals surface area (Å²) >= 11 is 0. The van der Waals surface area contributed by atoms with Gasteiger partial charge in [-0.3, -0.25) is 4.79 Å². The maximum atomic E-state index is 12.0. The highest BCUT2D eigenvalue weighted by molar-refractivity contribution is 5.85. The molecule has 7 heteroatoms. The van der Waals surface area contributed by atoms with Crippen molar-refractivity contribution < 1.29 is 9.53 Å². The number of ether oxygens (including phenoxy) is 1. The summed E-state index contributed by atoms with van der Waals surface area (Å²) in [4.78, 5) is 21.3. The molecule has 0 unspecified atom stereocenters. The molecule has 0 aliphatic carbocycles. The molecule has 0 spiro atoms. The van der Waals surface area contributed by atoms with E-state index in [2.05, 4.69) is 51.1 Å². The van der Waals surface area contributed by atoms with Crippen LogP contribution in [0, 0.1) is 0 Å². The number of guanidine groups is 1. The van der Waals surface area contributed by atoms with Crippen LogP contribution in [0.1, 0.15) is 11.1 Å². The molecule has 0 aliphatic heterocycles. The number of para-hydroxylation sites is 1. The quantitative estimate of drug-likeness (QED) is 0.366. The number of aromatic nitrogens is 1. The summed E-state index contributed by atoms with van der Waals surface area (Å²) < 4.78 is 5.20. The van der Waals surface area contributed by atoms with E-state index in [0.29, 0.717) is 19.0 Å². The van der Waals surface area contributed by atoms with Crippen LogP contribution < -0.4 is 15.4 Å². The lowest BCUT2D eigenvalue weighted by molar-refractivity contribution is -0.127. The van der Waals surface area contributed by atoms with Crippen molar-refractivity contribution in [3.63, 3.8) is 0 Å². The van der Waals surface area contributed by atoms with Gasteiger partial charge in [0.1, 0.15) is 12.3 Å². The molecule has 0 saturated carbocycles. The Morgan fingerprint density at radius 3 is 2.45 bits per heavy atom. The Bertz CT molecular complexity index is 1010. The highest BCUT2D eigenvalue weighted by Crippen LogP contribution is 2.17. The van der Waals surface area contributed by atoms with E-state index in [1.165, 1.54) is 16.5 Å². The topological polar surface area (TPSA) is 81.8 Å². The van der Waals surface area contributed by atoms with E-state index in [9.17, 15) is 4.79 Å². The van der Waals surface area contributed by atoms with Crippen molar-refractivity contribution in [1.82, 2.24) is 20.5 Å². The Hall–Kier alpha value is -3.48. The number of benzene rings is 2. The third-order valence-corrected chi connectivity index (χ3v) is 5.10. The third kappa shape index (κ3) is 6.50. The third-order valence-electron chi connectivity index (χ3n) is 5.10. The maximum Gasteiger partial charge on any atom is 0.243 e. The van der Waals surface area contributed by atoms with Gasteiger partial charge in [0.15, 0.2) is 5.96 Å². The summed E-state index contributed by atoms with van der Waals surface area (Å²) in [5.41, 5.74) is 3.60. The zero-order valence-corrected chi connectivity index (χ0v) is 18.4. The van der Waals surface area contributed by atoms with Crippen LogP contribution in [0.4, 0.5) is 0 Å². The lowest BCUT2D eigenvalue weighted by atomic mass is 10.1. The standard InChI is InChI=1S/C24H31N5O2/c1-29(2)23(30)17-28-24(25-14-12-18-8-10-20(31-3)11-9-18)26-15-13-19-16-27-22-7-5-4-6-21(19)22/h4-11,16,27H,12-15,17H2,1-3H3,(H2,25,26,28). The van der Waals surface area contributed by atoms with Gasteiger partial charge in [-0.25, -0.2) is 4.99 Å². The molecule has 164 valence electrons. The summed E-state index contributed by atoms with van der Waals surface area (Å²) in [6, 6.07) is 16.3. The number of fused-ring (bicyclic) bond motifs is 1. The fourth-order valence-corrected chi connectivity index (χ4v) is 3.23. The number of H-pyrrole nitrogens is 1. The number of aliphatic imine (C=N–C) groups is 1. The number of hydrogen-bond donors (Lipinski definition) is 3. The van der Waals surface area contributed by atoms with Crippen molar-refractivity contribution in [2.75, 3.05) is 40.8 Å². The molecule has 3 aromatic rings. The van der Waals surface area contributed by atoms with Gasteiger partial charge in [0.2, 0.25) is 5.91 Å². The predicted molar refractivity (Wildman–Crippen MR) is 126 cm³/mol. The zero-order valence-electron chi connectivity index (χ0n) is 18.4. The van der Waals surface area contributed by atoms with Crippen LogP contribution in [-0.4, -0.2) is 62.6 Å². The molecule has 0 fully saturated rings. The number of methoxy groups -OCH3 is 1. The summed E-state index contributed by atoms with van der Waals surface area (Å²) in [6.45, 7) is 1.53. The summed E-state index contributed by atoms with van der Waals surface area (Å²) in [7, 11) is 5.13. The van der Waals surface area contributed by atoms with E-state index < -0.39 is 0 Å². The normalized spacial score (nSPS) is 11.4. The summed E-state index contributed by atoms with van der Waals surface area (Å²) in [6.07, 6.45) is 3.75. The number of rotatable bonds is 9. The van der Waals surface area contributed by atoms with Gasteiger partial charge >= 0.3 is 0 Å². The minimum atomic E-state index is -0.0344. The summed E-state index contributed by atoms with van der Waals surface area (Å²) in [5, 5.41) is 7.93. The first kappa shape index (κ1) is 22.2. The van der Waals surface area contributed by atoms with E-state index in [1.807, 2.05) is 24.3 Å². The number of nitrogens with one attached hydrogen (secondary N) is 3. The molecule has 1 amide bonds. The molecule has 0 aliphatic rings. The largest absolute Gasteiger partial charge is 0.497 e. The fourth-order valence-electron chi connectivity index (χ4n) is 3.23. The molecule has 3 N–H and O–H groups in total. The van der Waals surface area contributed by atoms with Gasteiger partial charge in [0.25, 0.3) is 0 Å². The molecule has 7 nitrogen and oxygen atoms in total. The molecular weight excluding hydrogens is 390 g/mol. The SMILES string of the molecule is COc1ccc(CCNC(=NCC(=O)N(C)C)NCCc2c[nH]c3ccccc23)cc1. The van der Waals surface area contributed by atoms with Crippen LogP contribution in [-0.2, 0) is 17.6 Å². The second-order valence-corrected chi connectivity index (χ2v) is 7.51. The van der Waals surface area contributed by atoms with Crippen molar-refractivity contribution in [2.45, 2.75) is 12.8 Å². The average molecular weight is 422 g/mol. The average Bonchev–Trinajstić information content (AvgIpc) is 3.20. The molecule has 0 radical (unpaired) electrons. The van der Waals surface area contributed by atoms with Gasteiger partial charge in [0, 0.05) is 44.3 Å². The lowest BCUT2D eigenvalue weighted by Gasteiger charge is -2.14. The van der Waals surface area contributed by atoms with E-state index in [1.54, 1.807) is 26.1 Å². The number of amides is 1. The van der Waals surface area contributed by atoms with Crippen molar-refractivity contribution >= 4 is 22.8 Å². The molecule has 1 aromatic heterocycles. The van der Waals surface area contributed by atoms with Gasteiger partial charge in [-0.2, -0.15) is 0 Å². The number of carbonyl (C=O) groups is 1. The molecule has 0 saturated heterocycles. The molecule has 0 atom stereocenters. The van der Waals surface area contributed by atoms with E-state index in [0.717, 1.165) is 24.1 Å². The van der Waals surface area contributed by atoms with Gasteiger partial charge < -0.3 is 25.3 Å². The Balaban J connectivity index is 1.56. The zero-order chi connectivity index (χ0) is 22.1. The van der Waals surface area contributed by atoms with Crippen LogP contribution in [0.5, 0.6) is 5.75 Å². The molecule has 2 aromatic carbocycles. The Morgan fingerprint density at radius 2 is 1.74 bits per heavy atom. The number of hydrogen-bond acceptors (Lipinski definition) is 3. The van der Waals surface area contributed by atoms with Crippen LogP contribution in [0.3, 0.4) is 0 Å². The second kappa shape index (κ2) is 11.1. The number of carbonyl (C=O) groups excluding carboxylic acids is 1. The van der Waals surface area contributed by atoms with E-state index in [4.69, 9.17) is 4.74 Å². The second-order valence-electron chi connectivity index (χ2n) is 7.51. The van der Waals surface area contributed by atoms with Crippen LogP contribution in [0.15, 0.2) is 59.7 Å². The van der Waals surface area contributed by atoms with Gasteiger partial charge in [-0.1, -0.05) is 30.3 Å². The number of nitrogens with zero attached hydrogens (tertiary/aromatic N) is 2. The lowest BCUT2D eigenvalue weighted by Crippen LogP contribution is -2.40. The molecule has 31 heavy (non-hydrogen) atoms. The van der Waals surface area contributed by atoms with Crippen molar-refractivity contribution in [2.24, 2.45) is 4.99 Å². The Kier molecular flexibility index (Phi) is 7.92. The van der Waals surface area contributed by atoms with Gasteiger partial charge in [0.05, 0.1) is 7.11 Å². The molecule has 0 bridgehead atoms. The number of likely N-dealkylation sites (N-methyl/N-ethyl adjacent to an activating group) is 1. The van der Waals surface area contributed by atoms with Crippen molar-refractivity contribution in [3.8, 4) is 5.75 Å².